The van der Waals surface area contributed by atoms with Gasteiger partial charge in [0.1, 0.15) is 5.76 Å². The molecule has 0 radical (unpaired) electrons. The molecule has 2 rings (SSSR count). The van der Waals surface area contributed by atoms with Gasteiger partial charge >= 0.3 is 5.97 Å². The Morgan fingerprint density at radius 1 is 1.56 bits per heavy atom. The fraction of sp³-hybridized carbons (Fsp3) is 0.333. The van der Waals surface area contributed by atoms with Crippen molar-refractivity contribution in [2.45, 2.75) is 13.5 Å². The first-order chi connectivity index (χ1) is 7.69. The molecule has 2 heterocycles. The van der Waals surface area contributed by atoms with E-state index in [1.807, 2.05) is 6.92 Å². The topological polar surface area (TPSA) is 83.0 Å². The van der Waals surface area contributed by atoms with Crippen molar-refractivity contribution in [3.63, 3.8) is 0 Å². The van der Waals surface area contributed by atoms with Crippen LogP contribution in [-0.2, 0) is 16.1 Å². The minimum atomic E-state index is -0.431. The molecule has 0 saturated heterocycles. The maximum absolute atomic E-state index is 11.0. The molecule has 0 aliphatic rings. The Kier molecular flexibility index (Phi) is 2.67. The van der Waals surface area contributed by atoms with Crippen molar-refractivity contribution < 1.29 is 13.9 Å². The molecule has 7 heteroatoms. The molecule has 0 saturated carbocycles. The van der Waals surface area contributed by atoms with Crippen molar-refractivity contribution in [1.82, 2.24) is 20.2 Å². The number of nitrogens with zero attached hydrogens (tertiary/aromatic N) is 4. The molecule has 0 atom stereocenters. The highest BCUT2D eigenvalue weighted by molar-refractivity contribution is 5.68. The SMILES string of the molecule is COC(=O)Cn1nnc(-c2ccc(C)o2)n1. The molecule has 0 unspecified atom stereocenters. The fourth-order valence-corrected chi connectivity index (χ4v) is 1.14. The lowest BCUT2D eigenvalue weighted by Crippen LogP contribution is -2.14. The third-order valence-corrected chi connectivity index (χ3v) is 1.91. The highest BCUT2D eigenvalue weighted by atomic mass is 16.5. The fourth-order valence-electron chi connectivity index (χ4n) is 1.14. The van der Waals surface area contributed by atoms with Crippen LogP contribution >= 0.6 is 0 Å². The molecule has 0 aliphatic carbocycles. The van der Waals surface area contributed by atoms with Crippen LogP contribution in [0.5, 0.6) is 0 Å². The molecule has 2 aromatic heterocycles. The number of carbonyl (C=O) groups excluding carboxylic acids is 1. The van der Waals surface area contributed by atoms with Gasteiger partial charge in [0.25, 0.3) is 0 Å². The smallest absolute Gasteiger partial charge is 0.329 e. The van der Waals surface area contributed by atoms with Crippen LogP contribution in [0.2, 0.25) is 0 Å². The number of furan rings is 1. The van der Waals surface area contributed by atoms with Crippen molar-refractivity contribution in [2.75, 3.05) is 7.11 Å². The van der Waals surface area contributed by atoms with Gasteiger partial charge in [-0.1, -0.05) is 0 Å². The van der Waals surface area contributed by atoms with Gasteiger partial charge in [-0.25, -0.2) is 4.79 Å². The lowest BCUT2D eigenvalue weighted by atomic mass is 10.4. The summed E-state index contributed by atoms with van der Waals surface area (Å²) < 4.78 is 9.80. The first kappa shape index (κ1) is 10.3. The van der Waals surface area contributed by atoms with Crippen LogP contribution in [-0.4, -0.2) is 33.3 Å². The van der Waals surface area contributed by atoms with E-state index in [0.29, 0.717) is 11.6 Å². The number of ether oxygens (including phenoxy) is 1. The van der Waals surface area contributed by atoms with Crippen LogP contribution in [0.1, 0.15) is 5.76 Å². The largest absolute Gasteiger partial charge is 0.468 e. The quantitative estimate of drug-likeness (QED) is 0.699. The summed E-state index contributed by atoms with van der Waals surface area (Å²) in [7, 11) is 1.30. The summed E-state index contributed by atoms with van der Waals surface area (Å²) in [6, 6.07) is 3.55. The van der Waals surface area contributed by atoms with Crippen LogP contribution in [0, 0.1) is 6.92 Å². The number of aromatic nitrogens is 4. The van der Waals surface area contributed by atoms with Crippen LogP contribution in [0.25, 0.3) is 11.6 Å². The second-order valence-electron chi connectivity index (χ2n) is 3.13. The Labute approximate surface area is 91.0 Å². The summed E-state index contributed by atoms with van der Waals surface area (Å²) in [6.07, 6.45) is 0. The monoisotopic (exact) mass is 222 g/mol. The van der Waals surface area contributed by atoms with Crippen LogP contribution in [0.3, 0.4) is 0 Å². The summed E-state index contributed by atoms with van der Waals surface area (Å²) in [5.41, 5.74) is 0. The van der Waals surface area contributed by atoms with Crippen molar-refractivity contribution in [1.29, 1.82) is 0 Å². The lowest BCUT2D eigenvalue weighted by molar-refractivity contribution is -0.141. The Morgan fingerprint density at radius 3 is 3.00 bits per heavy atom. The molecule has 0 aliphatic heterocycles. The molecule has 0 fully saturated rings. The number of tetrazole rings is 1. The van der Waals surface area contributed by atoms with E-state index in [4.69, 9.17) is 4.42 Å². The number of hydrogen-bond acceptors (Lipinski definition) is 6. The second-order valence-corrected chi connectivity index (χ2v) is 3.13. The standard InChI is InChI=1S/C9H10N4O3/c1-6-3-4-7(16-6)9-10-12-13(11-9)5-8(14)15-2/h3-4H,5H2,1-2H3. The van der Waals surface area contributed by atoms with E-state index in [-0.39, 0.29) is 6.54 Å². The first-order valence-electron chi connectivity index (χ1n) is 4.60. The van der Waals surface area contributed by atoms with E-state index in [1.54, 1.807) is 12.1 Å². The molecule has 7 nitrogen and oxygen atoms in total. The Hall–Kier alpha value is -2.18. The number of carbonyl (C=O) groups is 1. The van der Waals surface area contributed by atoms with Crippen molar-refractivity contribution in [3.05, 3.63) is 17.9 Å². The van der Waals surface area contributed by atoms with E-state index in [0.717, 1.165) is 10.6 Å². The molecular formula is C9H10N4O3. The van der Waals surface area contributed by atoms with Gasteiger partial charge < -0.3 is 9.15 Å². The molecule has 84 valence electrons. The second kappa shape index (κ2) is 4.13. The molecule has 0 spiro atoms. The maximum atomic E-state index is 11.0. The van der Waals surface area contributed by atoms with Crippen LogP contribution in [0.15, 0.2) is 16.5 Å². The minimum absolute atomic E-state index is 0.0663. The highest BCUT2D eigenvalue weighted by Gasteiger charge is 2.11. The average molecular weight is 222 g/mol. The normalized spacial score (nSPS) is 10.4. The molecule has 0 amide bonds. The number of hydrogen-bond donors (Lipinski definition) is 0. The predicted molar refractivity (Wildman–Crippen MR) is 52.3 cm³/mol. The zero-order valence-corrected chi connectivity index (χ0v) is 8.88. The molecule has 0 bridgehead atoms. The summed E-state index contributed by atoms with van der Waals surface area (Å²) in [5, 5.41) is 11.5. The van der Waals surface area contributed by atoms with Gasteiger partial charge in [-0.15, -0.1) is 10.2 Å². The Morgan fingerprint density at radius 2 is 2.38 bits per heavy atom. The molecular weight excluding hydrogens is 212 g/mol. The summed E-state index contributed by atoms with van der Waals surface area (Å²) in [4.78, 5) is 12.1. The van der Waals surface area contributed by atoms with E-state index >= 15 is 0 Å². The Balaban J connectivity index is 2.16. The van der Waals surface area contributed by atoms with Crippen molar-refractivity contribution in [3.8, 4) is 11.6 Å². The number of aryl methyl sites for hydroxylation is 1. The van der Waals surface area contributed by atoms with Crippen LogP contribution in [0.4, 0.5) is 0 Å². The van der Waals surface area contributed by atoms with Gasteiger partial charge in [-0.2, -0.15) is 4.80 Å². The number of methoxy groups -OCH3 is 1. The van der Waals surface area contributed by atoms with E-state index < -0.39 is 5.97 Å². The van der Waals surface area contributed by atoms with Gasteiger partial charge in [0.2, 0.25) is 5.82 Å². The average Bonchev–Trinajstić information content (AvgIpc) is 2.87. The Bertz CT molecular complexity index is 502. The van der Waals surface area contributed by atoms with Crippen molar-refractivity contribution >= 4 is 5.97 Å². The van der Waals surface area contributed by atoms with Gasteiger partial charge in [0.15, 0.2) is 12.3 Å². The zero-order chi connectivity index (χ0) is 11.5. The van der Waals surface area contributed by atoms with Gasteiger partial charge in [-0.3, -0.25) is 0 Å². The van der Waals surface area contributed by atoms with Crippen LogP contribution < -0.4 is 0 Å². The summed E-state index contributed by atoms with van der Waals surface area (Å²) >= 11 is 0. The lowest BCUT2D eigenvalue weighted by Gasteiger charge is -1.95. The number of rotatable bonds is 3. The molecule has 16 heavy (non-hydrogen) atoms. The number of esters is 1. The zero-order valence-electron chi connectivity index (χ0n) is 8.88. The predicted octanol–water partition coefficient (Wildman–Crippen LogP) is 0.415. The summed E-state index contributed by atoms with van der Waals surface area (Å²) in [6.45, 7) is 1.76. The first-order valence-corrected chi connectivity index (χ1v) is 4.60. The van der Waals surface area contributed by atoms with Gasteiger partial charge in [0.05, 0.1) is 7.11 Å². The van der Waals surface area contributed by atoms with Gasteiger partial charge in [0, 0.05) is 0 Å². The van der Waals surface area contributed by atoms with Crippen molar-refractivity contribution in [2.24, 2.45) is 0 Å². The van der Waals surface area contributed by atoms with E-state index in [1.165, 1.54) is 7.11 Å². The third kappa shape index (κ3) is 2.08. The molecule has 0 aromatic carbocycles. The molecule has 2 aromatic rings. The maximum Gasteiger partial charge on any atom is 0.329 e. The van der Waals surface area contributed by atoms with Gasteiger partial charge in [-0.05, 0) is 24.3 Å². The minimum Gasteiger partial charge on any atom is -0.468 e. The third-order valence-electron chi connectivity index (χ3n) is 1.91. The summed E-state index contributed by atoms with van der Waals surface area (Å²) in [5.74, 6) is 1.20. The highest BCUT2D eigenvalue weighted by Crippen LogP contribution is 2.16. The van der Waals surface area contributed by atoms with E-state index in [2.05, 4.69) is 20.1 Å². The molecule has 0 N–H and O–H groups in total. The van der Waals surface area contributed by atoms with E-state index in [9.17, 15) is 4.79 Å².